The van der Waals surface area contributed by atoms with E-state index in [1.54, 1.807) is 40.3 Å². The lowest BCUT2D eigenvalue weighted by atomic mass is 9.99. The molecule has 0 spiro atoms. The number of nitrogens with one attached hydrogen (secondary N) is 3. The van der Waals surface area contributed by atoms with E-state index in [4.69, 9.17) is 32.9 Å². The van der Waals surface area contributed by atoms with Crippen molar-refractivity contribution in [3.05, 3.63) is 96.2 Å². The minimum absolute atomic E-state index is 0.137. The van der Waals surface area contributed by atoms with Crippen molar-refractivity contribution in [1.29, 1.82) is 0 Å². The highest BCUT2D eigenvalue weighted by Crippen LogP contribution is 2.45. The lowest BCUT2D eigenvalue weighted by Gasteiger charge is -2.26. The lowest BCUT2D eigenvalue weighted by Crippen LogP contribution is -2.37. The van der Waals surface area contributed by atoms with Gasteiger partial charge in [-0.2, -0.15) is 0 Å². The maximum absolute atomic E-state index is 13.3. The highest BCUT2D eigenvalue weighted by atomic mass is 35.5. The van der Waals surface area contributed by atoms with Crippen molar-refractivity contribution in [3.63, 3.8) is 0 Å². The number of pyridine rings is 2. The fourth-order valence-electron chi connectivity index (χ4n) is 6.80. The third-order valence-electron chi connectivity index (χ3n) is 9.45. The normalized spacial score (nSPS) is 13.8. The summed E-state index contributed by atoms with van der Waals surface area (Å²) >= 11 is 14.2. The van der Waals surface area contributed by atoms with Crippen molar-refractivity contribution in [2.45, 2.75) is 32.2 Å². The van der Waals surface area contributed by atoms with Gasteiger partial charge in [0.15, 0.2) is 0 Å². The second kappa shape index (κ2) is 14.7. The highest BCUT2D eigenvalue weighted by Gasteiger charge is 2.31. The molecule has 0 fully saturated rings. The van der Waals surface area contributed by atoms with Gasteiger partial charge in [0.05, 0.1) is 34.1 Å². The molecule has 0 aliphatic heterocycles. The zero-order valence-corrected chi connectivity index (χ0v) is 30.9. The van der Waals surface area contributed by atoms with Crippen molar-refractivity contribution in [2.24, 2.45) is 14.1 Å². The number of benzene rings is 2. The summed E-state index contributed by atoms with van der Waals surface area (Å²) in [4.78, 5) is 49.2. The van der Waals surface area contributed by atoms with Crippen molar-refractivity contribution < 1.29 is 9.53 Å². The van der Waals surface area contributed by atoms with Crippen LogP contribution in [-0.4, -0.2) is 64.3 Å². The van der Waals surface area contributed by atoms with Crippen LogP contribution in [0, 0.1) is 6.92 Å². The number of carbonyl (C=O) groups is 1. The van der Waals surface area contributed by atoms with E-state index in [1.165, 1.54) is 11.6 Å². The first-order valence-electron chi connectivity index (χ1n) is 16.6. The summed E-state index contributed by atoms with van der Waals surface area (Å²) in [6.45, 7) is 3.18. The number of carbonyl (C=O) groups excluding carboxylic acids is 1. The van der Waals surface area contributed by atoms with E-state index in [9.17, 15) is 14.4 Å². The van der Waals surface area contributed by atoms with E-state index in [-0.39, 0.29) is 17.5 Å². The SMILES string of the molecule is CNC(=O)NCCCN(C)C1CCc2cc(-c3cccc(-c4cccc(Nc5nc(C)cc6c5c(=O)n(C)c(=O)n6C)c4Cl)c3Cl)nc(OC)c21. The van der Waals surface area contributed by atoms with Gasteiger partial charge in [0.1, 0.15) is 11.2 Å². The van der Waals surface area contributed by atoms with Gasteiger partial charge in [0.25, 0.3) is 5.56 Å². The minimum Gasteiger partial charge on any atom is -0.481 e. The quantitative estimate of drug-likeness (QED) is 0.150. The summed E-state index contributed by atoms with van der Waals surface area (Å²) in [5.41, 5.74) is 5.75. The van der Waals surface area contributed by atoms with Gasteiger partial charge in [0.2, 0.25) is 5.88 Å². The standard InChI is InChI=1S/C37H40Cl2N8O4/c1-20-18-28-30(35(48)47(5)37(50)46(28)4)33(42-20)43-25-13-8-11-23(32(25)39)22-10-7-12-24(31(22)38)26-19-21-14-15-27(29(21)34(44-26)51-6)45(3)17-9-16-41-36(49)40-2/h7-8,10-13,18-19,27H,9,14-17H2,1-6H3,(H,42,43)(H2,40,41,49). The smallest absolute Gasteiger partial charge is 0.330 e. The Balaban J connectivity index is 1.32. The molecule has 3 N–H and O–H groups in total. The third-order valence-corrected chi connectivity index (χ3v) is 10.3. The first-order chi connectivity index (χ1) is 24.4. The Bertz CT molecular complexity index is 2290. The van der Waals surface area contributed by atoms with Gasteiger partial charge < -0.3 is 20.7 Å². The number of fused-ring (bicyclic) bond motifs is 2. The first-order valence-corrected chi connectivity index (χ1v) is 17.4. The second-order valence-electron chi connectivity index (χ2n) is 12.7. The molecule has 1 aliphatic carbocycles. The zero-order valence-electron chi connectivity index (χ0n) is 29.4. The van der Waals surface area contributed by atoms with E-state index in [2.05, 4.69) is 38.9 Å². The van der Waals surface area contributed by atoms with Crippen molar-refractivity contribution in [2.75, 3.05) is 39.6 Å². The fourth-order valence-corrected chi connectivity index (χ4v) is 7.40. The Morgan fingerprint density at radius 2 is 1.73 bits per heavy atom. The molecule has 0 radical (unpaired) electrons. The molecule has 12 nitrogen and oxygen atoms in total. The molecule has 5 aromatic rings. The van der Waals surface area contributed by atoms with Gasteiger partial charge in [0, 0.05) is 68.2 Å². The monoisotopic (exact) mass is 730 g/mol. The average molecular weight is 732 g/mol. The number of halogens is 2. The van der Waals surface area contributed by atoms with Crippen LogP contribution in [0.15, 0.2) is 58.1 Å². The van der Waals surface area contributed by atoms with Crippen molar-refractivity contribution in [3.8, 4) is 28.3 Å². The summed E-state index contributed by atoms with van der Waals surface area (Å²) in [6.07, 6.45) is 2.60. The van der Waals surface area contributed by atoms with Crippen LogP contribution in [-0.2, 0) is 20.5 Å². The number of ether oxygens (including phenoxy) is 1. The van der Waals surface area contributed by atoms with E-state index < -0.39 is 11.2 Å². The second-order valence-corrected chi connectivity index (χ2v) is 13.4. The molecule has 3 aromatic heterocycles. The van der Waals surface area contributed by atoms with Crippen molar-refractivity contribution >= 4 is 51.6 Å². The van der Waals surface area contributed by atoms with Crippen LogP contribution in [0.1, 0.15) is 35.7 Å². The molecule has 2 aromatic carbocycles. The fraction of sp³-hybridized carbons (Fsp3) is 0.324. The number of urea groups is 1. The lowest BCUT2D eigenvalue weighted by molar-refractivity contribution is 0.229. The van der Waals surface area contributed by atoms with Crippen LogP contribution < -0.4 is 31.9 Å². The van der Waals surface area contributed by atoms with E-state index in [0.29, 0.717) is 62.0 Å². The number of anilines is 2. The topological polar surface area (TPSA) is 135 Å². The molecule has 3 heterocycles. The minimum atomic E-state index is -0.462. The number of hydrogen-bond donors (Lipinski definition) is 3. The molecular weight excluding hydrogens is 691 g/mol. The Hall–Kier alpha value is -4.91. The largest absolute Gasteiger partial charge is 0.481 e. The summed E-state index contributed by atoms with van der Waals surface area (Å²) in [5, 5.41) is 9.79. The molecule has 1 atom stereocenters. The Morgan fingerprint density at radius 1 is 1.02 bits per heavy atom. The zero-order chi connectivity index (χ0) is 36.6. The molecule has 6 rings (SSSR count). The molecule has 0 saturated heterocycles. The van der Waals surface area contributed by atoms with Gasteiger partial charge in [-0.3, -0.25) is 18.8 Å². The Morgan fingerprint density at radius 3 is 2.45 bits per heavy atom. The third kappa shape index (κ3) is 6.78. The Labute approximate surface area is 305 Å². The molecule has 2 amide bonds. The molecule has 1 unspecified atom stereocenters. The molecule has 51 heavy (non-hydrogen) atoms. The maximum Gasteiger partial charge on any atom is 0.330 e. The van der Waals surface area contributed by atoms with Crippen LogP contribution in [0.4, 0.5) is 16.3 Å². The van der Waals surface area contributed by atoms with Gasteiger partial charge in [-0.05, 0) is 57.0 Å². The van der Waals surface area contributed by atoms with Gasteiger partial charge in [-0.25, -0.2) is 19.6 Å². The molecule has 0 bridgehead atoms. The van der Waals surface area contributed by atoms with Gasteiger partial charge >= 0.3 is 11.7 Å². The van der Waals surface area contributed by atoms with Crippen LogP contribution in [0.5, 0.6) is 5.88 Å². The number of rotatable bonds is 10. The number of hydrogen-bond acceptors (Lipinski definition) is 8. The molecule has 0 saturated carbocycles. The summed E-state index contributed by atoms with van der Waals surface area (Å²) in [7, 11) is 8.38. The predicted molar refractivity (Wildman–Crippen MR) is 203 cm³/mol. The number of aromatic nitrogens is 4. The number of aryl methyl sites for hydroxylation is 3. The van der Waals surface area contributed by atoms with Crippen molar-refractivity contribution in [1.82, 2.24) is 34.6 Å². The molecule has 14 heteroatoms. The molecule has 1 aliphatic rings. The van der Waals surface area contributed by atoms with Gasteiger partial charge in [-0.1, -0.05) is 53.5 Å². The van der Waals surface area contributed by atoms with Gasteiger partial charge in [-0.15, -0.1) is 0 Å². The number of amides is 2. The van der Waals surface area contributed by atoms with Crippen LogP contribution >= 0.6 is 23.2 Å². The van der Waals surface area contributed by atoms with Crippen LogP contribution in [0.25, 0.3) is 33.3 Å². The summed E-state index contributed by atoms with van der Waals surface area (Å²) in [6, 6.07) is 15.0. The molecular formula is C37H40Cl2N8O4. The van der Waals surface area contributed by atoms with E-state index in [0.717, 1.165) is 47.1 Å². The first kappa shape index (κ1) is 35.9. The summed E-state index contributed by atoms with van der Waals surface area (Å²) < 4.78 is 8.35. The maximum atomic E-state index is 13.3. The average Bonchev–Trinajstić information content (AvgIpc) is 3.56. The van der Waals surface area contributed by atoms with E-state index >= 15 is 0 Å². The highest BCUT2D eigenvalue weighted by molar-refractivity contribution is 6.39. The Kier molecular flexibility index (Phi) is 10.4. The molecule has 266 valence electrons. The predicted octanol–water partition coefficient (Wildman–Crippen LogP) is 5.97. The van der Waals surface area contributed by atoms with Crippen LogP contribution in [0.2, 0.25) is 10.0 Å². The summed E-state index contributed by atoms with van der Waals surface area (Å²) in [5.74, 6) is 0.853. The van der Waals surface area contributed by atoms with Crippen LogP contribution in [0.3, 0.4) is 0 Å². The van der Waals surface area contributed by atoms with E-state index in [1.807, 2.05) is 30.3 Å². The number of nitrogens with zero attached hydrogens (tertiary/aromatic N) is 5. The number of methoxy groups -OCH3 is 1.